The van der Waals surface area contributed by atoms with Crippen molar-refractivity contribution in [2.45, 2.75) is 44.3 Å². The Morgan fingerprint density at radius 2 is 1.97 bits per heavy atom. The summed E-state index contributed by atoms with van der Waals surface area (Å²) < 4.78 is 7.17. The van der Waals surface area contributed by atoms with Gasteiger partial charge in [0.05, 0.1) is 50.3 Å². The molecule has 10 heteroatoms. The van der Waals surface area contributed by atoms with Gasteiger partial charge < -0.3 is 20.5 Å². The Morgan fingerprint density at radius 1 is 1.15 bits per heavy atom. The molecule has 1 saturated carbocycles. The Kier molecular flexibility index (Phi) is 6.85. The smallest absolute Gasteiger partial charge is 0.229 e. The summed E-state index contributed by atoms with van der Waals surface area (Å²) in [7, 11) is 0. The zero-order chi connectivity index (χ0) is 23.3. The maximum atomic E-state index is 9.12. The van der Waals surface area contributed by atoms with Crippen LogP contribution in [-0.4, -0.2) is 74.7 Å². The number of nitrogens with zero attached hydrogens (tertiary/aromatic N) is 6. The maximum Gasteiger partial charge on any atom is 0.229 e. The standard InChI is InChI=1S/C24H30N8O2/c1-25-18-4-7-22-21(14-18)23(30-24(29-22)28-19-15-26-32(16-19)8-11-33)27-17-2-5-20(6-3-17)31-9-12-34-13-10-31/h4,7,14-17,20,33H,2-3,5-6,8-13H2,(H2,27,28,29,30). The lowest BCUT2D eigenvalue weighted by molar-refractivity contribution is 0.00791. The highest BCUT2D eigenvalue weighted by atomic mass is 16.5. The minimum absolute atomic E-state index is 0.0266. The van der Waals surface area contributed by atoms with Crippen molar-refractivity contribution in [2.24, 2.45) is 0 Å². The van der Waals surface area contributed by atoms with Gasteiger partial charge in [-0.25, -0.2) is 9.83 Å². The Morgan fingerprint density at radius 3 is 2.74 bits per heavy atom. The number of morpholine rings is 1. The Hall–Kier alpha value is -3.26. The van der Waals surface area contributed by atoms with E-state index in [1.54, 1.807) is 16.9 Å². The number of aliphatic hydroxyl groups is 1. The molecular weight excluding hydrogens is 432 g/mol. The van der Waals surface area contributed by atoms with E-state index in [-0.39, 0.29) is 6.61 Å². The summed E-state index contributed by atoms with van der Waals surface area (Å²) in [5.74, 6) is 1.21. The second-order valence-electron chi connectivity index (χ2n) is 8.85. The van der Waals surface area contributed by atoms with Gasteiger partial charge in [0.25, 0.3) is 0 Å². The minimum Gasteiger partial charge on any atom is -0.394 e. The van der Waals surface area contributed by atoms with Gasteiger partial charge in [-0.1, -0.05) is 6.07 Å². The van der Waals surface area contributed by atoms with Crippen LogP contribution in [0.25, 0.3) is 15.7 Å². The average molecular weight is 463 g/mol. The SMILES string of the molecule is [C-]#[N+]c1ccc2nc(Nc3cnn(CCO)c3)nc(NC3CCC(N4CCOCC4)CC3)c2c1. The van der Waals surface area contributed by atoms with Crippen LogP contribution in [0.15, 0.2) is 30.6 Å². The molecule has 2 fully saturated rings. The Bertz CT molecular complexity index is 1160. The molecule has 1 saturated heterocycles. The number of rotatable bonds is 7. The molecule has 0 atom stereocenters. The minimum atomic E-state index is 0.0266. The fourth-order valence-corrected chi connectivity index (χ4v) is 4.86. The van der Waals surface area contributed by atoms with Gasteiger partial charge in [-0.05, 0) is 37.8 Å². The molecule has 1 aliphatic heterocycles. The fraction of sp³-hybridized carbons (Fsp3) is 0.500. The van der Waals surface area contributed by atoms with Gasteiger partial charge in [-0.15, -0.1) is 0 Å². The van der Waals surface area contributed by atoms with Crippen LogP contribution in [0.3, 0.4) is 0 Å². The molecule has 1 aliphatic carbocycles. The molecule has 0 radical (unpaired) electrons. The zero-order valence-electron chi connectivity index (χ0n) is 19.2. The number of hydrogen-bond acceptors (Lipinski definition) is 8. The van der Waals surface area contributed by atoms with Crippen molar-refractivity contribution < 1.29 is 9.84 Å². The molecule has 178 valence electrons. The van der Waals surface area contributed by atoms with Gasteiger partial charge in [0.1, 0.15) is 5.82 Å². The molecule has 0 bridgehead atoms. The fourth-order valence-electron chi connectivity index (χ4n) is 4.86. The summed E-state index contributed by atoms with van der Waals surface area (Å²) in [5.41, 5.74) is 2.10. The predicted octanol–water partition coefficient (Wildman–Crippen LogP) is 3.17. The molecule has 1 aromatic carbocycles. The number of anilines is 3. The first-order valence-corrected chi connectivity index (χ1v) is 11.9. The Balaban J connectivity index is 1.34. The van der Waals surface area contributed by atoms with Gasteiger partial charge in [-0.3, -0.25) is 9.58 Å². The summed E-state index contributed by atoms with van der Waals surface area (Å²) in [4.78, 5) is 15.6. The third-order valence-corrected chi connectivity index (χ3v) is 6.63. The van der Waals surface area contributed by atoms with Crippen LogP contribution in [0.5, 0.6) is 0 Å². The lowest BCUT2D eigenvalue weighted by atomic mass is 9.90. The van der Waals surface area contributed by atoms with Crippen LogP contribution < -0.4 is 10.6 Å². The van der Waals surface area contributed by atoms with Crippen molar-refractivity contribution in [3.63, 3.8) is 0 Å². The van der Waals surface area contributed by atoms with Crippen LogP contribution in [0, 0.1) is 6.57 Å². The summed E-state index contributed by atoms with van der Waals surface area (Å²) in [5, 5.41) is 21.1. The number of ether oxygens (including phenoxy) is 1. The van der Waals surface area contributed by atoms with Crippen molar-refractivity contribution >= 4 is 34.0 Å². The van der Waals surface area contributed by atoms with E-state index >= 15 is 0 Å². The Labute approximate surface area is 198 Å². The molecule has 3 N–H and O–H groups in total. The van der Waals surface area contributed by atoms with Crippen LogP contribution in [0.1, 0.15) is 25.7 Å². The van der Waals surface area contributed by atoms with Crippen molar-refractivity contribution in [1.29, 1.82) is 0 Å². The molecule has 2 aliphatic rings. The molecule has 34 heavy (non-hydrogen) atoms. The number of hydrogen-bond donors (Lipinski definition) is 3. The van der Waals surface area contributed by atoms with E-state index < -0.39 is 0 Å². The zero-order valence-corrected chi connectivity index (χ0v) is 19.2. The predicted molar refractivity (Wildman–Crippen MR) is 130 cm³/mol. The first-order valence-electron chi connectivity index (χ1n) is 11.9. The van der Waals surface area contributed by atoms with Crippen LogP contribution in [-0.2, 0) is 11.3 Å². The van der Waals surface area contributed by atoms with Crippen LogP contribution in [0.2, 0.25) is 0 Å². The second kappa shape index (κ2) is 10.3. The van der Waals surface area contributed by atoms with Gasteiger partial charge in [-0.2, -0.15) is 10.1 Å². The molecule has 5 rings (SSSR count). The summed E-state index contributed by atoms with van der Waals surface area (Å²) >= 11 is 0. The monoisotopic (exact) mass is 462 g/mol. The molecule has 0 spiro atoms. The quantitative estimate of drug-likeness (QED) is 0.460. The maximum absolute atomic E-state index is 9.12. The lowest BCUT2D eigenvalue weighted by Gasteiger charge is -2.39. The first-order chi connectivity index (χ1) is 16.7. The van der Waals surface area contributed by atoms with Crippen molar-refractivity contribution in [3.05, 3.63) is 42.0 Å². The number of fused-ring (bicyclic) bond motifs is 1. The topological polar surface area (TPSA) is 105 Å². The molecule has 2 aromatic heterocycles. The highest BCUT2D eigenvalue weighted by Crippen LogP contribution is 2.31. The highest BCUT2D eigenvalue weighted by molar-refractivity contribution is 5.93. The molecule has 10 nitrogen and oxygen atoms in total. The van der Waals surface area contributed by atoms with E-state index in [0.29, 0.717) is 30.3 Å². The molecule has 0 unspecified atom stereocenters. The molecule has 3 aromatic rings. The highest BCUT2D eigenvalue weighted by Gasteiger charge is 2.27. The summed E-state index contributed by atoms with van der Waals surface area (Å²) in [6, 6.07) is 6.46. The second-order valence-corrected chi connectivity index (χ2v) is 8.85. The van der Waals surface area contributed by atoms with Crippen molar-refractivity contribution in [1.82, 2.24) is 24.6 Å². The third-order valence-electron chi connectivity index (χ3n) is 6.63. The van der Waals surface area contributed by atoms with Crippen LogP contribution >= 0.6 is 0 Å². The largest absolute Gasteiger partial charge is 0.394 e. The molecular formula is C24H30N8O2. The normalized spacial score (nSPS) is 21.3. The summed E-state index contributed by atoms with van der Waals surface area (Å²) in [6.45, 7) is 11.6. The van der Waals surface area contributed by atoms with Gasteiger partial charge >= 0.3 is 0 Å². The molecule has 3 heterocycles. The van der Waals surface area contributed by atoms with E-state index in [9.17, 15) is 0 Å². The van der Waals surface area contributed by atoms with Crippen molar-refractivity contribution in [3.8, 4) is 0 Å². The molecule has 0 amide bonds. The number of benzene rings is 1. The van der Waals surface area contributed by atoms with E-state index in [0.717, 1.165) is 74.4 Å². The van der Waals surface area contributed by atoms with E-state index in [4.69, 9.17) is 21.4 Å². The van der Waals surface area contributed by atoms with Crippen molar-refractivity contribution in [2.75, 3.05) is 43.5 Å². The van der Waals surface area contributed by atoms with E-state index in [1.165, 1.54) is 0 Å². The number of aromatic nitrogens is 4. The van der Waals surface area contributed by atoms with Gasteiger partial charge in [0.2, 0.25) is 5.95 Å². The number of nitrogens with one attached hydrogen (secondary N) is 2. The van der Waals surface area contributed by atoms with Crippen LogP contribution in [0.4, 0.5) is 23.1 Å². The first kappa shape index (κ1) is 22.5. The van der Waals surface area contributed by atoms with E-state index in [1.807, 2.05) is 18.3 Å². The lowest BCUT2D eigenvalue weighted by Crippen LogP contribution is -2.46. The van der Waals surface area contributed by atoms with E-state index in [2.05, 4.69) is 30.5 Å². The number of aliphatic hydroxyl groups excluding tert-OH is 1. The summed E-state index contributed by atoms with van der Waals surface area (Å²) in [6.07, 6.45) is 7.96. The van der Waals surface area contributed by atoms with Gasteiger partial charge in [0, 0.05) is 36.8 Å². The average Bonchev–Trinajstić information content (AvgIpc) is 3.32. The third kappa shape index (κ3) is 5.12. The van der Waals surface area contributed by atoms with Gasteiger partial charge in [0.15, 0.2) is 5.69 Å².